The Morgan fingerprint density at radius 2 is 1.42 bits per heavy atom. The van der Waals surface area contributed by atoms with Crippen LogP contribution in [0.25, 0.3) is 0 Å². The van der Waals surface area contributed by atoms with Crippen LogP contribution in [0.4, 0.5) is 0 Å². The van der Waals surface area contributed by atoms with Crippen molar-refractivity contribution >= 4 is 0 Å². The smallest absolute Gasteiger partial charge is 0.00392 e. The molecule has 2 nitrogen and oxygen atoms in total. The fraction of sp³-hybridized carbons (Fsp3) is 0.647. The second kappa shape index (κ2) is 6.06. The van der Waals surface area contributed by atoms with Gasteiger partial charge in [0.15, 0.2) is 0 Å². The zero-order valence-electron chi connectivity index (χ0n) is 11.8. The summed E-state index contributed by atoms with van der Waals surface area (Å²) in [6.45, 7) is 2.35. The zero-order chi connectivity index (χ0) is 13.1. The van der Waals surface area contributed by atoms with Crippen LogP contribution in [0, 0.1) is 0 Å². The van der Waals surface area contributed by atoms with Gasteiger partial charge < -0.3 is 11.1 Å². The molecule has 0 aromatic heterocycles. The van der Waals surface area contributed by atoms with Gasteiger partial charge in [-0.15, -0.1) is 0 Å². The van der Waals surface area contributed by atoms with Gasteiger partial charge in [-0.2, -0.15) is 0 Å². The minimum absolute atomic E-state index is 0.448. The average molecular weight is 258 g/mol. The van der Waals surface area contributed by atoms with E-state index in [0.29, 0.717) is 6.04 Å². The van der Waals surface area contributed by atoms with E-state index < -0.39 is 0 Å². The average Bonchev–Trinajstić information content (AvgIpc) is 2.49. The highest BCUT2D eigenvalue weighted by molar-refractivity contribution is 5.29. The highest BCUT2D eigenvalue weighted by Crippen LogP contribution is 2.34. The predicted molar refractivity (Wildman–Crippen MR) is 80.5 cm³/mol. The molecule has 104 valence electrons. The van der Waals surface area contributed by atoms with E-state index in [4.69, 9.17) is 5.73 Å². The molecule has 2 heteroatoms. The summed E-state index contributed by atoms with van der Waals surface area (Å²) in [6, 6.07) is 9.85. The molecular weight excluding hydrogens is 232 g/mol. The monoisotopic (exact) mass is 258 g/mol. The van der Waals surface area contributed by atoms with Crippen molar-refractivity contribution in [3.63, 3.8) is 0 Å². The van der Waals surface area contributed by atoms with Crippen molar-refractivity contribution in [3.8, 4) is 0 Å². The molecule has 2 aliphatic rings. The van der Waals surface area contributed by atoms with Gasteiger partial charge in [0.25, 0.3) is 0 Å². The first-order valence-electron chi connectivity index (χ1n) is 7.89. The minimum Gasteiger partial charge on any atom is -0.328 e. The lowest BCUT2D eigenvalue weighted by Gasteiger charge is -2.28. The molecule has 1 aromatic rings. The number of hydrogen-bond donors (Lipinski definition) is 2. The van der Waals surface area contributed by atoms with E-state index in [1.165, 1.54) is 51.6 Å². The first kappa shape index (κ1) is 13.1. The van der Waals surface area contributed by atoms with Gasteiger partial charge in [-0.05, 0) is 74.6 Å². The molecule has 3 rings (SSSR count). The molecule has 0 radical (unpaired) electrons. The van der Waals surface area contributed by atoms with E-state index in [9.17, 15) is 0 Å². The van der Waals surface area contributed by atoms with E-state index in [1.807, 2.05) is 0 Å². The van der Waals surface area contributed by atoms with Crippen molar-refractivity contribution in [3.05, 3.63) is 35.4 Å². The molecule has 0 atom stereocenters. The number of nitrogens with two attached hydrogens (primary N) is 1. The molecule has 0 bridgehead atoms. The van der Waals surface area contributed by atoms with E-state index in [-0.39, 0.29) is 0 Å². The third-order valence-electron chi connectivity index (χ3n) is 4.96. The molecule has 1 saturated carbocycles. The van der Waals surface area contributed by atoms with Gasteiger partial charge in [0.1, 0.15) is 0 Å². The highest BCUT2D eigenvalue weighted by Gasteiger charge is 2.21. The van der Waals surface area contributed by atoms with Crippen LogP contribution in [0.15, 0.2) is 24.3 Å². The molecule has 1 heterocycles. The van der Waals surface area contributed by atoms with Crippen molar-refractivity contribution in [2.45, 2.75) is 56.4 Å². The lowest BCUT2D eigenvalue weighted by atomic mass is 9.80. The van der Waals surface area contributed by atoms with Crippen molar-refractivity contribution in [1.82, 2.24) is 5.32 Å². The largest absolute Gasteiger partial charge is 0.328 e. The number of benzene rings is 1. The maximum absolute atomic E-state index is 6.01. The fourth-order valence-electron chi connectivity index (χ4n) is 3.67. The van der Waals surface area contributed by atoms with Gasteiger partial charge in [-0.25, -0.2) is 0 Å². The second-order valence-electron chi connectivity index (χ2n) is 6.31. The Morgan fingerprint density at radius 3 is 2.05 bits per heavy atom. The van der Waals surface area contributed by atoms with Gasteiger partial charge in [0.2, 0.25) is 0 Å². The maximum Gasteiger partial charge on any atom is 0.00392 e. The summed E-state index contributed by atoms with van der Waals surface area (Å²) in [6.07, 6.45) is 7.52. The van der Waals surface area contributed by atoms with Crippen LogP contribution in [0.5, 0.6) is 0 Å². The molecule has 0 unspecified atom stereocenters. The van der Waals surface area contributed by atoms with Crippen LogP contribution in [0.2, 0.25) is 0 Å². The van der Waals surface area contributed by atoms with Gasteiger partial charge in [-0.1, -0.05) is 24.3 Å². The maximum atomic E-state index is 6.01. The van der Waals surface area contributed by atoms with E-state index in [2.05, 4.69) is 29.6 Å². The third kappa shape index (κ3) is 3.18. The Kier molecular flexibility index (Phi) is 4.19. The van der Waals surface area contributed by atoms with Gasteiger partial charge in [-0.3, -0.25) is 0 Å². The summed E-state index contributed by atoms with van der Waals surface area (Å²) in [4.78, 5) is 0. The minimum atomic E-state index is 0.448. The topological polar surface area (TPSA) is 38.0 Å². The molecular formula is C17H26N2. The summed E-state index contributed by atoms with van der Waals surface area (Å²) < 4.78 is 0. The quantitative estimate of drug-likeness (QED) is 0.855. The fourth-order valence-corrected chi connectivity index (χ4v) is 3.67. The Bertz CT molecular complexity index is 401. The number of piperidine rings is 1. The van der Waals surface area contributed by atoms with Crippen LogP contribution < -0.4 is 11.1 Å². The number of rotatable bonds is 2. The molecule has 1 aliphatic carbocycles. The molecule has 19 heavy (non-hydrogen) atoms. The lowest BCUT2D eigenvalue weighted by Crippen LogP contribution is -2.27. The summed E-state index contributed by atoms with van der Waals surface area (Å²) in [5.74, 6) is 1.52. The molecule has 0 amide bonds. The van der Waals surface area contributed by atoms with E-state index in [1.54, 1.807) is 11.1 Å². The molecule has 3 N–H and O–H groups in total. The zero-order valence-corrected chi connectivity index (χ0v) is 11.8. The van der Waals surface area contributed by atoms with Crippen LogP contribution >= 0.6 is 0 Å². The Morgan fingerprint density at radius 1 is 0.842 bits per heavy atom. The lowest BCUT2D eigenvalue weighted by molar-refractivity contribution is 0.395. The van der Waals surface area contributed by atoms with Crippen LogP contribution in [0.1, 0.15) is 61.5 Å². The van der Waals surface area contributed by atoms with Gasteiger partial charge in [0, 0.05) is 6.04 Å². The normalized spacial score (nSPS) is 29.3. The van der Waals surface area contributed by atoms with E-state index in [0.717, 1.165) is 11.8 Å². The molecule has 0 spiro atoms. The predicted octanol–water partition coefficient (Wildman–Crippen LogP) is 3.14. The Balaban J connectivity index is 1.72. The van der Waals surface area contributed by atoms with Gasteiger partial charge in [0.05, 0.1) is 0 Å². The highest BCUT2D eigenvalue weighted by atomic mass is 14.9. The molecule has 2 fully saturated rings. The summed E-state index contributed by atoms with van der Waals surface area (Å²) in [5.41, 5.74) is 9.14. The van der Waals surface area contributed by atoms with Crippen LogP contribution in [-0.2, 0) is 0 Å². The van der Waals surface area contributed by atoms with E-state index >= 15 is 0 Å². The molecule has 1 aliphatic heterocycles. The first-order valence-corrected chi connectivity index (χ1v) is 7.89. The van der Waals surface area contributed by atoms with Crippen molar-refractivity contribution < 1.29 is 0 Å². The van der Waals surface area contributed by atoms with Crippen molar-refractivity contribution in [2.75, 3.05) is 13.1 Å². The SMILES string of the molecule is NC1CCC(c2cccc(C3CCNCC3)c2)CC1. The summed E-state index contributed by atoms with van der Waals surface area (Å²) >= 11 is 0. The number of nitrogens with one attached hydrogen (secondary N) is 1. The first-order chi connectivity index (χ1) is 9.33. The van der Waals surface area contributed by atoms with Crippen LogP contribution in [-0.4, -0.2) is 19.1 Å². The summed E-state index contributed by atoms with van der Waals surface area (Å²) in [7, 11) is 0. The van der Waals surface area contributed by atoms with Crippen molar-refractivity contribution in [2.24, 2.45) is 5.73 Å². The Labute approximate surface area is 116 Å². The third-order valence-corrected chi connectivity index (χ3v) is 4.96. The van der Waals surface area contributed by atoms with Crippen LogP contribution in [0.3, 0.4) is 0 Å². The second-order valence-corrected chi connectivity index (χ2v) is 6.31. The molecule has 1 saturated heterocycles. The number of hydrogen-bond acceptors (Lipinski definition) is 2. The van der Waals surface area contributed by atoms with Gasteiger partial charge >= 0.3 is 0 Å². The molecule has 1 aromatic carbocycles. The van der Waals surface area contributed by atoms with Crippen molar-refractivity contribution in [1.29, 1.82) is 0 Å². The standard InChI is InChI=1S/C17H26N2/c18-17-6-4-13(5-7-17)15-2-1-3-16(12-15)14-8-10-19-11-9-14/h1-3,12-14,17,19H,4-11,18H2. The Hall–Kier alpha value is -0.860. The summed E-state index contributed by atoms with van der Waals surface area (Å²) in [5, 5.41) is 3.45.